The fourth-order valence-corrected chi connectivity index (χ4v) is 3.50. The van der Waals surface area contributed by atoms with Crippen LogP contribution in [-0.4, -0.2) is 27.8 Å². The first-order chi connectivity index (χ1) is 11.1. The van der Waals surface area contributed by atoms with E-state index in [1.54, 1.807) is 24.3 Å². The summed E-state index contributed by atoms with van der Waals surface area (Å²) in [6, 6.07) is 13.1. The second-order valence-corrected chi connectivity index (χ2v) is 6.98. The van der Waals surface area contributed by atoms with Crippen LogP contribution < -0.4 is 0 Å². The molecule has 3 nitrogen and oxygen atoms in total. The lowest BCUT2D eigenvalue weighted by molar-refractivity contribution is 0.0851. The van der Waals surface area contributed by atoms with Crippen molar-refractivity contribution in [3.63, 3.8) is 0 Å². The van der Waals surface area contributed by atoms with Gasteiger partial charge < -0.3 is 0 Å². The van der Waals surface area contributed by atoms with Gasteiger partial charge >= 0.3 is 0 Å². The summed E-state index contributed by atoms with van der Waals surface area (Å²) in [6.07, 6.45) is 0. The zero-order valence-electron chi connectivity index (χ0n) is 12.4. The van der Waals surface area contributed by atoms with Gasteiger partial charge in [0.05, 0.1) is 16.3 Å². The summed E-state index contributed by atoms with van der Waals surface area (Å²) in [5, 5.41) is 1.24. The highest BCUT2D eigenvalue weighted by Crippen LogP contribution is 2.32. The lowest BCUT2D eigenvalue weighted by Gasteiger charge is -2.16. The van der Waals surface area contributed by atoms with Crippen molar-refractivity contribution in [2.45, 2.75) is 12.2 Å². The number of halogens is 2. The van der Waals surface area contributed by atoms with Gasteiger partial charge in [0.1, 0.15) is 5.82 Å². The third-order valence-corrected chi connectivity index (χ3v) is 4.79. The molecular formula is C17H14ClFN2OS. The van der Waals surface area contributed by atoms with E-state index in [0.717, 1.165) is 0 Å². The number of amidine groups is 1. The largest absolute Gasteiger partial charge is 0.286 e. The van der Waals surface area contributed by atoms with Gasteiger partial charge in [-0.3, -0.25) is 9.69 Å². The Hall–Kier alpha value is -1.85. The molecule has 23 heavy (non-hydrogen) atoms. The van der Waals surface area contributed by atoms with Gasteiger partial charge in [-0.2, -0.15) is 0 Å². The van der Waals surface area contributed by atoms with Crippen molar-refractivity contribution in [2.24, 2.45) is 4.99 Å². The van der Waals surface area contributed by atoms with E-state index in [1.807, 2.05) is 19.1 Å². The van der Waals surface area contributed by atoms with Crippen molar-refractivity contribution >= 4 is 40.1 Å². The number of thioether (sulfide) groups is 1. The molecule has 0 saturated carbocycles. The fraction of sp³-hybridized carbons (Fsp3) is 0.176. The van der Waals surface area contributed by atoms with Crippen LogP contribution in [0.4, 0.5) is 10.1 Å². The molecule has 0 bridgehead atoms. The van der Waals surface area contributed by atoms with E-state index < -0.39 is 5.82 Å². The summed E-state index contributed by atoms with van der Waals surface area (Å²) in [6.45, 7) is 2.49. The van der Waals surface area contributed by atoms with Crippen LogP contribution >= 0.6 is 23.4 Å². The molecule has 0 aliphatic carbocycles. The molecule has 1 aliphatic heterocycles. The van der Waals surface area contributed by atoms with Crippen LogP contribution in [-0.2, 0) is 0 Å². The van der Waals surface area contributed by atoms with Gasteiger partial charge in [0.25, 0.3) is 5.91 Å². The summed E-state index contributed by atoms with van der Waals surface area (Å²) >= 11 is 7.61. The average Bonchev–Trinajstić information content (AvgIpc) is 2.90. The van der Waals surface area contributed by atoms with E-state index in [1.165, 1.54) is 28.8 Å². The monoisotopic (exact) mass is 348 g/mol. The average molecular weight is 349 g/mol. The number of hydrogen-bond donors (Lipinski definition) is 0. The smallest absolute Gasteiger partial charge is 0.262 e. The molecule has 1 amide bonds. The van der Waals surface area contributed by atoms with Crippen LogP contribution in [0.15, 0.2) is 53.5 Å². The highest BCUT2D eigenvalue weighted by Gasteiger charge is 2.32. The van der Waals surface area contributed by atoms with Crippen molar-refractivity contribution < 1.29 is 9.18 Å². The number of rotatable bonds is 2. The molecule has 1 unspecified atom stereocenters. The SMILES string of the molecule is CC1CN(C(=O)c2ccccc2F)C(=Nc2ccccc2Cl)S1. The zero-order valence-corrected chi connectivity index (χ0v) is 13.9. The minimum atomic E-state index is -0.529. The molecule has 3 rings (SSSR count). The van der Waals surface area contributed by atoms with Crippen LogP contribution in [0.3, 0.4) is 0 Å². The standard InChI is InChI=1S/C17H14ClFN2OS/c1-11-10-21(16(22)12-6-2-4-8-14(12)19)17(23-11)20-15-9-5-3-7-13(15)18/h2-9,11H,10H2,1H3. The molecule has 2 aromatic carbocycles. The van der Waals surface area contributed by atoms with Crippen LogP contribution in [0.2, 0.25) is 5.02 Å². The Morgan fingerprint density at radius 3 is 2.70 bits per heavy atom. The number of nitrogens with zero attached hydrogens (tertiary/aromatic N) is 2. The van der Waals surface area contributed by atoms with Crippen molar-refractivity contribution in [3.05, 3.63) is 64.9 Å². The minimum absolute atomic E-state index is 0.0501. The minimum Gasteiger partial charge on any atom is -0.286 e. The second kappa shape index (κ2) is 6.72. The second-order valence-electron chi connectivity index (χ2n) is 5.17. The Morgan fingerprint density at radius 1 is 1.26 bits per heavy atom. The molecule has 1 heterocycles. The highest BCUT2D eigenvalue weighted by molar-refractivity contribution is 8.14. The van der Waals surface area contributed by atoms with Gasteiger partial charge in [0.2, 0.25) is 0 Å². The van der Waals surface area contributed by atoms with E-state index in [2.05, 4.69) is 4.99 Å². The lowest BCUT2D eigenvalue weighted by atomic mass is 10.2. The van der Waals surface area contributed by atoms with Crippen molar-refractivity contribution in [2.75, 3.05) is 6.54 Å². The predicted octanol–water partition coefficient (Wildman–Crippen LogP) is 4.74. The third kappa shape index (κ3) is 3.41. The molecule has 118 valence electrons. The molecule has 0 aromatic heterocycles. The van der Waals surface area contributed by atoms with Crippen LogP contribution in [0.5, 0.6) is 0 Å². The molecule has 1 aliphatic rings. The quantitative estimate of drug-likeness (QED) is 0.785. The summed E-state index contributed by atoms with van der Waals surface area (Å²) < 4.78 is 13.9. The Bertz CT molecular complexity index is 781. The van der Waals surface area contributed by atoms with Crippen LogP contribution in [0, 0.1) is 5.82 Å². The number of carbonyl (C=O) groups is 1. The fourth-order valence-electron chi connectivity index (χ4n) is 2.30. The van der Waals surface area contributed by atoms with Gasteiger partial charge in [-0.15, -0.1) is 0 Å². The zero-order chi connectivity index (χ0) is 16.4. The van der Waals surface area contributed by atoms with Crippen molar-refractivity contribution in [3.8, 4) is 0 Å². The van der Waals surface area contributed by atoms with E-state index in [9.17, 15) is 9.18 Å². The van der Waals surface area contributed by atoms with Gasteiger partial charge in [-0.05, 0) is 24.3 Å². The molecule has 1 fully saturated rings. The number of aliphatic imine (C=N–C) groups is 1. The van der Waals surface area contributed by atoms with Gasteiger partial charge in [0, 0.05) is 11.8 Å². The number of hydrogen-bond acceptors (Lipinski definition) is 3. The normalized spacial score (nSPS) is 19.3. The van der Waals surface area contributed by atoms with Gasteiger partial charge in [0.15, 0.2) is 5.17 Å². The summed E-state index contributed by atoms with van der Waals surface area (Å²) in [5.41, 5.74) is 0.645. The maximum atomic E-state index is 13.9. The molecule has 2 aromatic rings. The maximum absolute atomic E-state index is 13.9. The first kappa shape index (κ1) is 16.0. The Labute approximate surface area is 143 Å². The summed E-state index contributed by atoms with van der Waals surface area (Å²) in [5.74, 6) is -0.912. The highest BCUT2D eigenvalue weighted by atomic mass is 35.5. The molecule has 0 spiro atoms. The van der Waals surface area contributed by atoms with E-state index >= 15 is 0 Å². The summed E-state index contributed by atoms with van der Waals surface area (Å²) in [4.78, 5) is 18.7. The van der Waals surface area contributed by atoms with Crippen molar-refractivity contribution in [1.29, 1.82) is 0 Å². The summed E-state index contributed by atoms with van der Waals surface area (Å²) in [7, 11) is 0. The maximum Gasteiger partial charge on any atom is 0.262 e. The van der Waals surface area contributed by atoms with E-state index in [-0.39, 0.29) is 16.7 Å². The van der Waals surface area contributed by atoms with Crippen LogP contribution in [0.25, 0.3) is 0 Å². The molecule has 1 saturated heterocycles. The Balaban J connectivity index is 1.96. The van der Waals surface area contributed by atoms with E-state index in [0.29, 0.717) is 22.4 Å². The molecule has 1 atom stereocenters. The number of para-hydroxylation sites is 1. The van der Waals surface area contributed by atoms with Crippen LogP contribution in [0.1, 0.15) is 17.3 Å². The number of carbonyl (C=O) groups excluding carboxylic acids is 1. The Kier molecular flexibility index (Phi) is 4.68. The number of amides is 1. The molecule has 0 radical (unpaired) electrons. The van der Waals surface area contributed by atoms with Crippen molar-refractivity contribution in [1.82, 2.24) is 4.90 Å². The topological polar surface area (TPSA) is 32.7 Å². The van der Waals surface area contributed by atoms with Gasteiger partial charge in [-0.1, -0.05) is 54.6 Å². The Morgan fingerprint density at radius 2 is 1.96 bits per heavy atom. The van der Waals surface area contributed by atoms with E-state index in [4.69, 9.17) is 11.6 Å². The first-order valence-corrected chi connectivity index (χ1v) is 8.38. The third-order valence-electron chi connectivity index (χ3n) is 3.40. The predicted molar refractivity (Wildman–Crippen MR) is 93.0 cm³/mol. The lowest BCUT2D eigenvalue weighted by Crippen LogP contribution is -2.33. The number of benzene rings is 2. The molecule has 0 N–H and O–H groups in total. The molecular weight excluding hydrogens is 335 g/mol. The molecule has 6 heteroatoms. The first-order valence-electron chi connectivity index (χ1n) is 7.12. The van der Waals surface area contributed by atoms with Gasteiger partial charge in [-0.25, -0.2) is 9.38 Å².